The summed E-state index contributed by atoms with van der Waals surface area (Å²) in [6.07, 6.45) is 0. The average Bonchev–Trinajstić information content (AvgIpc) is 2.46. The number of rotatable bonds is 5. The predicted molar refractivity (Wildman–Crippen MR) is 83.6 cm³/mol. The molecule has 2 aromatic rings. The largest absolute Gasteiger partial charge is 0.325 e. The molecular weight excluding hydrogens is 288 g/mol. The normalized spacial score (nSPS) is 10.1. The van der Waals surface area contributed by atoms with Gasteiger partial charge in [-0.05, 0) is 31.2 Å². The monoisotopic (exact) mass is 302 g/mol. The van der Waals surface area contributed by atoms with Crippen molar-refractivity contribution in [2.75, 3.05) is 11.1 Å². The van der Waals surface area contributed by atoms with E-state index in [4.69, 9.17) is 0 Å². The van der Waals surface area contributed by atoms with Gasteiger partial charge in [0.15, 0.2) is 0 Å². The quantitative estimate of drug-likeness (QED) is 0.520. The number of thioether (sulfide) groups is 1. The number of nitrogens with one attached hydrogen (secondary N) is 1. The number of carbonyl (C=O) groups excluding carboxylic acids is 1. The Bertz CT molecular complexity index is 659. The molecule has 0 radical (unpaired) electrons. The van der Waals surface area contributed by atoms with Crippen LogP contribution in [0.2, 0.25) is 0 Å². The molecule has 21 heavy (non-hydrogen) atoms. The van der Waals surface area contributed by atoms with Gasteiger partial charge in [-0.3, -0.25) is 14.9 Å². The van der Waals surface area contributed by atoms with Crippen LogP contribution in [0.4, 0.5) is 11.4 Å². The number of amides is 1. The molecular formula is C15H14N2O3S. The van der Waals surface area contributed by atoms with Crippen molar-refractivity contribution >= 4 is 29.0 Å². The topological polar surface area (TPSA) is 72.2 Å². The van der Waals surface area contributed by atoms with Crippen LogP contribution in [0, 0.1) is 17.0 Å². The van der Waals surface area contributed by atoms with Gasteiger partial charge in [-0.15, -0.1) is 11.8 Å². The Morgan fingerprint density at radius 1 is 1.24 bits per heavy atom. The van der Waals surface area contributed by atoms with E-state index in [2.05, 4.69) is 5.32 Å². The van der Waals surface area contributed by atoms with Crippen LogP contribution in [0.25, 0.3) is 0 Å². The van der Waals surface area contributed by atoms with E-state index >= 15 is 0 Å². The fraction of sp³-hybridized carbons (Fsp3) is 0.133. The second-order valence-corrected chi connectivity index (χ2v) is 5.46. The van der Waals surface area contributed by atoms with Gasteiger partial charge in [-0.1, -0.05) is 18.2 Å². The number of hydrogen-bond donors (Lipinski definition) is 1. The third-order valence-corrected chi connectivity index (χ3v) is 3.80. The molecule has 108 valence electrons. The first kappa shape index (κ1) is 15.1. The minimum Gasteiger partial charge on any atom is -0.325 e. The van der Waals surface area contributed by atoms with E-state index in [1.165, 1.54) is 23.9 Å². The lowest BCUT2D eigenvalue weighted by molar-refractivity contribution is -0.385. The van der Waals surface area contributed by atoms with Gasteiger partial charge in [0.2, 0.25) is 5.91 Å². The molecule has 0 heterocycles. The Hall–Kier alpha value is -2.34. The number of nitro benzene ring substituents is 1. The fourth-order valence-corrected chi connectivity index (χ4v) is 2.52. The van der Waals surface area contributed by atoms with E-state index in [1.54, 1.807) is 13.0 Å². The van der Waals surface area contributed by atoms with Crippen LogP contribution < -0.4 is 5.32 Å². The Morgan fingerprint density at radius 3 is 2.57 bits per heavy atom. The predicted octanol–water partition coefficient (Wildman–Crippen LogP) is 3.63. The van der Waals surface area contributed by atoms with Gasteiger partial charge in [0.05, 0.1) is 10.7 Å². The summed E-state index contributed by atoms with van der Waals surface area (Å²) in [7, 11) is 0. The smallest absolute Gasteiger partial charge is 0.272 e. The van der Waals surface area contributed by atoms with Gasteiger partial charge >= 0.3 is 0 Å². The Labute approximate surface area is 126 Å². The molecule has 0 bridgehead atoms. The van der Waals surface area contributed by atoms with Crippen molar-refractivity contribution in [3.63, 3.8) is 0 Å². The van der Waals surface area contributed by atoms with E-state index in [0.29, 0.717) is 17.0 Å². The SMILES string of the molecule is Cc1cc(NC(=O)CSc2ccccc2)ccc1[N+](=O)[O-]. The summed E-state index contributed by atoms with van der Waals surface area (Å²) in [6, 6.07) is 14.2. The highest BCUT2D eigenvalue weighted by atomic mass is 32.2. The highest BCUT2D eigenvalue weighted by Crippen LogP contribution is 2.22. The molecule has 0 saturated carbocycles. The van der Waals surface area contributed by atoms with Crippen molar-refractivity contribution in [3.05, 3.63) is 64.2 Å². The van der Waals surface area contributed by atoms with Crippen LogP contribution in [0.5, 0.6) is 0 Å². The third kappa shape index (κ3) is 4.32. The average molecular weight is 302 g/mol. The summed E-state index contributed by atoms with van der Waals surface area (Å²) < 4.78 is 0. The Kier molecular flexibility index (Phi) is 4.94. The summed E-state index contributed by atoms with van der Waals surface area (Å²) in [5, 5.41) is 13.5. The lowest BCUT2D eigenvalue weighted by Gasteiger charge is -2.06. The van der Waals surface area contributed by atoms with Crippen molar-refractivity contribution in [2.24, 2.45) is 0 Å². The van der Waals surface area contributed by atoms with Crippen LogP contribution in [0.1, 0.15) is 5.56 Å². The number of benzene rings is 2. The number of nitro groups is 1. The summed E-state index contributed by atoms with van der Waals surface area (Å²) in [5.41, 5.74) is 1.14. The number of anilines is 1. The molecule has 0 aromatic heterocycles. The minimum atomic E-state index is -0.438. The molecule has 0 spiro atoms. The second-order valence-electron chi connectivity index (χ2n) is 4.41. The van der Waals surface area contributed by atoms with Gasteiger partial charge in [0.1, 0.15) is 0 Å². The van der Waals surface area contributed by atoms with E-state index in [1.807, 2.05) is 30.3 Å². The Balaban J connectivity index is 1.94. The molecule has 5 nitrogen and oxygen atoms in total. The molecule has 1 amide bonds. The lowest BCUT2D eigenvalue weighted by Crippen LogP contribution is -2.14. The molecule has 0 atom stereocenters. The van der Waals surface area contributed by atoms with Crippen LogP contribution in [-0.4, -0.2) is 16.6 Å². The highest BCUT2D eigenvalue weighted by Gasteiger charge is 2.11. The third-order valence-electron chi connectivity index (χ3n) is 2.79. The molecule has 0 saturated heterocycles. The maximum Gasteiger partial charge on any atom is 0.272 e. The summed E-state index contributed by atoms with van der Waals surface area (Å²) in [6.45, 7) is 1.65. The standard InChI is InChI=1S/C15H14N2O3S/c1-11-9-12(7-8-14(11)17(19)20)16-15(18)10-21-13-5-3-2-4-6-13/h2-9H,10H2,1H3,(H,16,18). The lowest BCUT2D eigenvalue weighted by atomic mass is 10.2. The first-order valence-electron chi connectivity index (χ1n) is 6.29. The van der Waals surface area contributed by atoms with Gasteiger partial charge in [0, 0.05) is 22.2 Å². The zero-order valence-electron chi connectivity index (χ0n) is 11.4. The Morgan fingerprint density at radius 2 is 1.95 bits per heavy atom. The van der Waals surface area contributed by atoms with Crippen molar-refractivity contribution in [1.29, 1.82) is 0 Å². The maximum atomic E-state index is 11.9. The molecule has 2 aromatic carbocycles. The van der Waals surface area contributed by atoms with E-state index in [9.17, 15) is 14.9 Å². The minimum absolute atomic E-state index is 0.0478. The van der Waals surface area contributed by atoms with Gasteiger partial charge in [-0.2, -0.15) is 0 Å². The zero-order chi connectivity index (χ0) is 15.2. The molecule has 0 unspecified atom stereocenters. The molecule has 0 aliphatic rings. The first-order chi connectivity index (χ1) is 10.1. The molecule has 6 heteroatoms. The van der Waals surface area contributed by atoms with Crippen molar-refractivity contribution in [3.8, 4) is 0 Å². The first-order valence-corrected chi connectivity index (χ1v) is 7.27. The van der Waals surface area contributed by atoms with Crippen molar-refractivity contribution < 1.29 is 9.72 Å². The number of aryl methyl sites for hydroxylation is 1. The summed E-state index contributed by atoms with van der Waals surface area (Å²) in [5.74, 6) is 0.150. The van der Waals surface area contributed by atoms with Crippen molar-refractivity contribution in [1.82, 2.24) is 0 Å². The number of hydrogen-bond acceptors (Lipinski definition) is 4. The molecule has 1 N–H and O–H groups in total. The summed E-state index contributed by atoms with van der Waals surface area (Å²) >= 11 is 1.44. The van der Waals surface area contributed by atoms with Crippen LogP contribution in [0.15, 0.2) is 53.4 Å². The highest BCUT2D eigenvalue weighted by molar-refractivity contribution is 8.00. The van der Waals surface area contributed by atoms with Gasteiger partial charge in [-0.25, -0.2) is 0 Å². The maximum absolute atomic E-state index is 11.9. The number of nitrogens with zero attached hydrogens (tertiary/aromatic N) is 1. The summed E-state index contributed by atoms with van der Waals surface area (Å²) in [4.78, 5) is 23.2. The number of carbonyl (C=O) groups is 1. The molecule has 2 rings (SSSR count). The fourth-order valence-electron chi connectivity index (χ4n) is 1.80. The molecule has 0 aliphatic heterocycles. The van der Waals surface area contributed by atoms with E-state index in [0.717, 1.165) is 4.90 Å². The second kappa shape index (κ2) is 6.90. The van der Waals surface area contributed by atoms with Crippen molar-refractivity contribution in [2.45, 2.75) is 11.8 Å². The van der Waals surface area contributed by atoms with E-state index in [-0.39, 0.29) is 11.6 Å². The molecule has 0 fully saturated rings. The van der Waals surface area contributed by atoms with Crippen LogP contribution in [0.3, 0.4) is 0 Å². The van der Waals surface area contributed by atoms with Crippen LogP contribution in [-0.2, 0) is 4.79 Å². The van der Waals surface area contributed by atoms with E-state index < -0.39 is 4.92 Å². The molecule has 0 aliphatic carbocycles. The van der Waals surface area contributed by atoms with Gasteiger partial charge < -0.3 is 5.32 Å². The van der Waals surface area contributed by atoms with Crippen LogP contribution >= 0.6 is 11.8 Å². The van der Waals surface area contributed by atoms with Gasteiger partial charge in [0.25, 0.3) is 5.69 Å². The zero-order valence-corrected chi connectivity index (χ0v) is 12.2.